The van der Waals surface area contributed by atoms with Crippen LogP contribution in [-0.2, 0) is 9.47 Å². The summed E-state index contributed by atoms with van der Waals surface area (Å²) >= 11 is 0. The summed E-state index contributed by atoms with van der Waals surface area (Å²) in [5, 5.41) is 8.85. The number of amides is 1. The van der Waals surface area contributed by atoms with E-state index < -0.39 is 11.7 Å². The fourth-order valence-electron chi connectivity index (χ4n) is 1.04. The van der Waals surface area contributed by atoms with Gasteiger partial charge in [-0.1, -0.05) is 0 Å². The Hall–Kier alpha value is -0.810. The molecule has 5 heteroatoms. The zero-order valence-electron chi connectivity index (χ0n) is 6.08. The van der Waals surface area contributed by atoms with Crippen molar-refractivity contribution in [2.45, 2.75) is 12.0 Å². The van der Waals surface area contributed by atoms with Crippen molar-refractivity contribution in [2.75, 3.05) is 19.8 Å². The summed E-state index contributed by atoms with van der Waals surface area (Å²) in [5.41, 5.74) is 3.92. The Kier molecular flexibility index (Phi) is 2.31. The summed E-state index contributed by atoms with van der Waals surface area (Å²) in [5.74, 6) is 0. The van der Waals surface area contributed by atoms with E-state index in [-0.39, 0.29) is 13.2 Å². The average Bonchev–Trinajstić information content (AvgIpc) is 2.36. The first-order valence-electron chi connectivity index (χ1n) is 3.36. The summed E-state index contributed by atoms with van der Waals surface area (Å²) < 4.78 is 9.67. The molecule has 3 N–H and O–H groups in total. The van der Waals surface area contributed by atoms with Crippen molar-refractivity contribution in [1.82, 2.24) is 0 Å². The monoisotopic (exact) mass is 161 g/mol. The summed E-state index contributed by atoms with van der Waals surface area (Å²) in [6.07, 6.45) is -0.364. The molecule has 1 aliphatic heterocycles. The standard InChI is InChI=1S/C6H11NO4/c7-5(9)11-6(3-8)1-2-10-4-6/h8H,1-4H2,(H2,7,9). The van der Waals surface area contributed by atoms with Gasteiger partial charge >= 0.3 is 6.09 Å². The Morgan fingerprint density at radius 2 is 2.55 bits per heavy atom. The number of aliphatic hydroxyl groups excluding tert-OH is 1. The number of hydrogen-bond acceptors (Lipinski definition) is 4. The molecule has 1 saturated heterocycles. The van der Waals surface area contributed by atoms with Crippen LogP contribution in [-0.4, -0.2) is 36.6 Å². The molecular formula is C6H11NO4. The van der Waals surface area contributed by atoms with Gasteiger partial charge in [0.2, 0.25) is 0 Å². The van der Waals surface area contributed by atoms with Crippen LogP contribution in [0.5, 0.6) is 0 Å². The number of carbonyl (C=O) groups is 1. The van der Waals surface area contributed by atoms with E-state index >= 15 is 0 Å². The maximum atomic E-state index is 10.4. The van der Waals surface area contributed by atoms with Gasteiger partial charge in [-0.05, 0) is 0 Å². The Labute approximate surface area is 64.1 Å². The van der Waals surface area contributed by atoms with E-state index in [2.05, 4.69) is 0 Å². The Morgan fingerprint density at radius 3 is 2.91 bits per heavy atom. The summed E-state index contributed by atoms with van der Waals surface area (Å²) in [7, 11) is 0. The van der Waals surface area contributed by atoms with Gasteiger partial charge in [-0.25, -0.2) is 4.79 Å². The first-order chi connectivity index (χ1) is 5.18. The number of carbonyl (C=O) groups excluding carboxylic acids is 1. The van der Waals surface area contributed by atoms with E-state index in [1.54, 1.807) is 0 Å². The molecule has 1 heterocycles. The van der Waals surface area contributed by atoms with Gasteiger partial charge in [-0.15, -0.1) is 0 Å². The van der Waals surface area contributed by atoms with E-state index in [0.29, 0.717) is 13.0 Å². The molecule has 1 atom stereocenters. The van der Waals surface area contributed by atoms with E-state index in [1.165, 1.54) is 0 Å². The zero-order valence-corrected chi connectivity index (χ0v) is 6.08. The topological polar surface area (TPSA) is 81.8 Å². The third kappa shape index (κ3) is 1.81. The zero-order chi connectivity index (χ0) is 8.32. The van der Waals surface area contributed by atoms with Gasteiger partial charge in [0.25, 0.3) is 0 Å². The Bertz CT molecular complexity index is 153. The fourth-order valence-corrected chi connectivity index (χ4v) is 1.04. The van der Waals surface area contributed by atoms with Gasteiger partial charge in [0.05, 0.1) is 19.8 Å². The molecule has 1 aliphatic rings. The van der Waals surface area contributed by atoms with Crippen LogP contribution >= 0.6 is 0 Å². The largest absolute Gasteiger partial charge is 0.438 e. The van der Waals surface area contributed by atoms with Crippen molar-refractivity contribution in [3.05, 3.63) is 0 Å². The third-order valence-corrected chi connectivity index (χ3v) is 1.67. The Balaban J connectivity index is 2.52. The molecule has 1 amide bonds. The summed E-state index contributed by atoms with van der Waals surface area (Å²) in [6.45, 7) is 0.482. The molecule has 0 saturated carbocycles. The fraction of sp³-hybridized carbons (Fsp3) is 0.833. The highest BCUT2D eigenvalue weighted by atomic mass is 16.6. The lowest BCUT2D eigenvalue weighted by molar-refractivity contribution is -0.0307. The second-order valence-electron chi connectivity index (χ2n) is 2.56. The van der Waals surface area contributed by atoms with Crippen molar-refractivity contribution in [3.63, 3.8) is 0 Å². The van der Waals surface area contributed by atoms with Crippen molar-refractivity contribution < 1.29 is 19.4 Å². The first-order valence-corrected chi connectivity index (χ1v) is 3.36. The van der Waals surface area contributed by atoms with Crippen LogP contribution in [0, 0.1) is 0 Å². The van der Waals surface area contributed by atoms with Crippen molar-refractivity contribution in [1.29, 1.82) is 0 Å². The molecule has 1 unspecified atom stereocenters. The first kappa shape index (κ1) is 8.29. The van der Waals surface area contributed by atoms with Crippen LogP contribution in [0.25, 0.3) is 0 Å². The maximum Gasteiger partial charge on any atom is 0.405 e. The van der Waals surface area contributed by atoms with Crippen LogP contribution in [0.4, 0.5) is 4.79 Å². The molecule has 0 radical (unpaired) electrons. The van der Waals surface area contributed by atoms with Gasteiger partial charge in [-0.3, -0.25) is 0 Å². The van der Waals surface area contributed by atoms with Gasteiger partial charge in [0.15, 0.2) is 5.60 Å². The molecular weight excluding hydrogens is 150 g/mol. The molecule has 0 bridgehead atoms. The normalized spacial score (nSPS) is 30.3. The Morgan fingerprint density at radius 1 is 1.82 bits per heavy atom. The highest BCUT2D eigenvalue weighted by Crippen LogP contribution is 2.22. The number of nitrogens with two attached hydrogens (primary N) is 1. The number of primary amides is 1. The molecule has 0 aromatic carbocycles. The predicted molar refractivity (Wildman–Crippen MR) is 35.9 cm³/mol. The molecule has 0 spiro atoms. The van der Waals surface area contributed by atoms with Crippen LogP contribution in [0.15, 0.2) is 0 Å². The van der Waals surface area contributed by atoms with Crippen LogP contribution in [0.3, 0.4) is 0 Å². The minimum Gasteiger partial charge on any atom is -0.438 e. The maximum absolute atomic E-state index is 10.4. The lowest BCUT2D eigenvalue weighted by Crippen LogP contribution is -2.41. The lowest BCUT2D eigenvalue weighted by atomic mass is 10.1. The second-order valence-corrected chi connectivity index (χ2v) is 2.56. The minimum atomic E-state index is -0.883. The molecule has 1 fully saturated rings. The van der Waals surface area contributed by atoms with E-state index in [1.807, 2.05) is 0 Å². The number of ether oxygens (including phenoxy) is 2. The van der Waals surface area contributed by atoms with Crippen LogP contribution in [0.1, 0.15) is 6.42 Å². The van der Waals surface area contributed by atoms with E-state index in [9.17, 15) is 4.79 Å². The number of hydrogen-bond donors (Lipinski definition) is 2. The SMILES string of the molecule is NC(=O)OC1(CO)CCOC1. The van der Waals surface area contributed by atoms with Crippen molar-refractivity contribution in [2.24, 2.45) is 5.73 Å². The highest BCUT2D eigenvalue weighted by molar-refractivity contribution is 5.65. The quantitative estimate of drug-likeness (QED) is 0.557. The van der Waals surface area contributed by atoms with Crippen molar-refractivity contribution >= 4 is 6.09 Å². The smallest absolute Gasteiger partial charge is 0.405 e. The van der Waals surface area contributed by atoms with Gasteiger partial charge < -0.3 is 20.3 Å². The van der Waals surface area contributed by atoms with Crippen molar-refractivity contribution in [3.8, 4) is 0 Å². The summed E-state index contributed by atoms with van der Waals surface area (Å²) in [4.78, 5) is 10.4. The second kappa shape index (κ2) is 3.06. The molecule has 5 nitrogen and oxygen atoms in total. The molecule has 0 aromatic heterocycles. The minimum absolute atomic E-state index is 0.229. The predicted octanol–water partition coefficient (Wildman–Crippen LogP) is -0.767. The van der Waals surface area contributed by atoms with Crippen LogP contribution < -0.4 is 5.73 Å². The molecule has 1 rings (SSSR count). The van der Waals surface area contributed by atoms with E-state index in [4.69, 9.17) is 20.3 Å². The van der Waals surface area contributed by atoms with Crippen LogP contribution in [0.2, 0.25) is 0 Å². The van der Waals surface area contributed by atoms with Gasteiger partial charge in [0, 0.05) is 6.42 Å². The number of aliphatic hydroxyl groups is 1. The van der Waals surface area contributed by atoms with Gasteiger partial charge in [-0.2, -0.15) is 0 Å². The lowest BCUT2D eigenvalue weighted by Gasteiger charge is -2.23. The van der Waals surface area contributed by atoms with Gasteiger partial charge in [0.1, 0.15) is 0 Å². The summed E-state index contributed by atoms with van der Waals surface area (Å²) in [6, 6.07) is 0. The molecule has 0 aliphatic carbocycles. The number of rotatable bonds is 2. The van der Waals surface area contributed by atoms with E-state index in [0.717, 1.165) is 0 Å². The third-order valence-electron chi connectivity index (χ3n) is 1.67. The molecule has 11 heavy (non-hydrogen) atoms. The molecule has 0 aromatic rings. The highest BCUT2D eigenvalue weighted by Gasteiger charge is 2.37. The average molecular weight is 161 g/mol. The molecule has 64 valence electrons.